The number of hydrogen-bond acceptors (Lipinski definition) is 3. The summed E-state index contributed by atoms with van der Waals surface area (Å²) in [5.41, 5.74) is 10.5. The molecule has 0 aliphatic rings. The van der Waals surface area contributed by atoms with Gasteiger partial charge in [-0.05, 0) is 22.8 Å². The van der Waals surface area contributed by atoms with E-state index in [4.69, 9.17) is 28.7 Å². The minimum Gasteiger partial charge on any atom is -0.286 e. The number of thiazole rings is 1. The number of halogens is 2. The first-order valence-electron chi connectivity index (χ1n) is 4.62. The Labute approximate surface area is 116 Å². The number of nitrogens with zero attached hydrogens (tertiary/aromatic N) is 4. The Morgan fingerprint density at radius 3 is 2.67 bits per heavy atom. The molecule has 0 N–H and O–H groups in total. The van der Waals surface area contributed by atoms with Gasteiger partial charge in [-0.1, -0.05) is 29.3 Å². The highest BCUT2D eigenvalue weighted by atomic mass is 35.5. The average molecular weight is 299 g/mol. The molecule has 2 aromatic rings. The second kappa shape index (κ2) is 5.37. The predicted molar refractivity (Wildman–Crippen MR) is 71.0 cm³/mol. The molecule has 1 amide bonds. The van der Waals surface area contributed by atoms with E-state index in [1.807, 2.05) is 0 Å². The smallest absolute Gasteiger partial charge is 0.261 e. The van der Waals surface area contributed by atoms with E-state index in [1.165, 1.54) is 5.51 Å². The van der Waals surface area contributed by atoms with Gasteiger partial charge in [0.2, 0.25) is 0 Å². The summed E-state index contributed by atoms with van der Waals surface area (Å²) in [7, 11) is 0. The van der Waals surface area contributed by atoms with Gasteiger partial charge in [0.25, 0.3) is 5.91 Å². The van der Waals surface area contributed by atoms with E-state index in [-0.39, 0.29) is 4.88 Å². The average Bonchev–Trinajstić information content (AvgIpc) is 2.78. The van der Waals surface area contributed by atoms with Crippen molar-refractivity contribution < 1.29 is 4.79 Å². The van der Waals surface area contributed by atoms with Crippen LogP contribution in [0.1, 0.15) is 9.67 Å². The van der Waals surface area contributed by atoms with Gasteiger partial charge in [-0.2, -0.15) is 0 Å². The number of carbonyl (C=O) groups is 1. The molecule has 0 fully saturated rings. The summed E-state index contributed by atoms with van der Waals surface area (Å²) in [4.78, 5) is 18.3. The van der Waals surface area contributed by atoms with Crippen molar-refractivity contribution in [2.24, 2.45) is 5.11 Å². The second-order valence-corrected chi connectivity index (χ2v) is 4.79. The standard InChI is InChI=1S/C10H4Cl2N4OS/c11-5-2-1-3-6(12)7(5)8-9(18-4-14-8)10(17)15-16-13/h1-4H. The van der Waals surface area contributed by atoms with Crippen LogP contribution in [0.2, 0.25) is 10.0 Å². The topological polar surface area (TPSA) is 78.7 Å². The van der Waals surface area contributed by atoms with E-state index in [9.17, 15) is 4.79 Å². The van der Waals surface area contributed by atoms with E-state index in [0.29, 0.717) is 21.3 Å². The predicted octanol–water partition coefficient (Wildman–Crippen LogP) is 4.57. The Morgan fingerprint density at radius 1 is 1.39 bits per heavy atom. The largest absolute Gasteiger partial charge is 0.286 e. The molecule has 0 unspecified atom stereocenters. The van der Waals surface area contributed by atoms with Gasteiger partial charge in [0.05, 0.1) is 21.2 Å². The lowest BCUT2D eigenvalue weighted by Crippen LogP contribution is -1.94. The number of amides is 1. The van der Waals surface area contributed by atoms with Crippen LogP contribution in [0.25, 0.3) is 21.7 Å². The Kier molecular flexibility index (Phi) is 3.84. The van der Waals surface area contributed by atoms with Crippen LogP contribution in [0, 0.1) is 0 Å². The fourth-order valence-corrected chi connectivity index (χ4v) is 2.63. The van der Waals surface area contributed by atoms with Crippen LogP contribution < -0.4 is 0 Å². The number of rotatable bonds is 2. The molecule has 90 valence electrons. The van der Waals surface area contributed by atoms with Crippen molar-refractivity contribution in [3.05, 3.63) is 49.1 Å². The van der Waals surface area contributed by atoms with Gasteiger partial charge in [0, 0.05) is 10.5 Å². The first kappa shape index (κ1) is 12.9. The number of benzene rings is 1. The highest BCUT2D eigenvalue weighted by molar-refractivity contribution is 7.12. The van der Waals surface area contributed by atoms with Crippen LogP contribution >= 0.6 is 34.5 Å². The molecule has 2 rings (SSSR count). The van der Waals surface area contributed by atoms with E-state index in [2.05, 4.69) is 15.0 Å². The molecule has 5 nitrogen and oxygen atoms in total. The van der Waals surface area contributed by atoms with Crippen molar-refractivity contribution in [2.45, 2.75) is 0 Å². The number of carbonyl (C=O) groups excluding carboxylic acids is 1. The van der Waals surface area contributed by atoms with Gasteiger partial charge in [0.15, 0.2) is 0 Å². The molecule has 0 saturated heterocycles. The third-order valence-electron chi connectivity index (χ3n) is 2.10. The molecule has 0 bridgehead atoms. The van der Waals surface area contributed by atoms with Gasteiger partial charge < -0.3 is 0 Å². The fourth-order valence-electron chi connectivity index (χ4n) is 1.39. The Morgan fingerprint density at radius 2 is 2.06 bits per heavy atom. The molecule has 1 aromatic carbocycles. The van der Waals surface area contributed by atoms with Gasteiger partial charge in [-0.3, -0.25) is 4.79 Å². The molecule has 0 aliphatic carbocycles. The van der Waals surface area contributed by atoms with Crippen molar-refractivity contribution in [3.8, 4) is 11.3 Å². The summed E-state index contributed by atoms with van der Waals surface area (Å²) in [5.74, 6) is -0.703. The van der Waals surface area contributed by atoms with E-state index < -0.39 is 5.91 Å². The SMILES string of the molecule is [N-]=[N+]=NC(=O)c1scnc1-c1c(Cl)cccc1Cl. The van der Waals surface area contributed by atoms with Crippen LogP contribution in [0.15, 0.2) is 28.8 Å². The zero-order chi connectivity index (χ0) is 13.1. The van der Waals surface area contributed by atoms with Gasteiger partial charge in [-0.25, -0.2) is 4.98 Å². The first-order valence-corrected chi connectivity index (χ1v) is 6.26. The van der Waals surface area contributed by atoms with Crippen LogP contribution in [0.3, 0.4) is 0 Å². The molecule has 1 heterocycles. The van der Waals surface area contributed by atoms with E-state index in [1.54, 1.807) is 18.2 Å². The maximum Gasteiger partial charge on any atom is 0.261 e. The molecule has 0 spiro atoms. The maximum atomic E-state index is 11.6. The normalized spacial score (nSPS) is 9.89. The molecular formula is C10H4Cl2N4OS. The summed E-state index contributed by atoms with van der Waals surface area (Å²) >= 11 is 13.1. The Hall–Kier alpha value is -1.59. The lowest BCUT2D eigenvalue weighted by atomic mass is 10.1. The maximum absolute atomic E-state index is 11.6. The summed E-state index contributed by atoms with van der Waals surface area (Å²) in [6.45, 7) is 0. The summed E-state index contributed by atoms with van der Waals surface area (Å²) in [5, 5.41) is 3.79. The summed E-state index contributed by atoms with van der Waals surface area (Å²) in [6.07, 6.45) is 0. The van der Waals surface area contributed by atoms with E-state index in [0.717, 1.165) is 11.3 Å². The van der Waals surface area contributed by atoms with Crippen molar-refractivity contribution >= 4 is 40.4 Å². The van der Waals surface area contributed by atoms with Crippen LogP contribution in [-0.4, -0.2) is 10.9 Å². The third kappa shape index (κ3) is 2.32. The minimum atomic E-state index is -0.703. The van der Waals surface area contributed by atoms with Crippen LogP contribution in [0.5, 0.6) is 0 Å². The Balaban J connectivity index is 2.63. The van der Waals surface area contributed by atoms with E-state index >= 15 is 0 Å². The summed E-state index contributed by atoms with van der Waals surface area (Å²) in [6, 6.07) is 4.98. The van der Waals surface area contributed by atoms with Crippen LogP contribution in [0.4, 0.5) is 0 Å². The zero-order valence-corrected chi connectivity index (χ0v) is 11.0. The molecule has 0 radical (unpaired) electrons. The highest BCUT2D eigenvalue weighted by Gasteiger charge is 2.19. The zero-order valence-electron chi connectivity index (χ0n) is 8.67. The summed E-state index contributed by atoms with van der Waals surface area (Å²) < 4.78 is 0. The number of aromatic nitrogens is 1. The van der Waals surface area contributed by atoms with Gasteiger partial charge in [-0.15, -0.1) is 11.3 Å². The van der Waals surface area contributed by atoms with Crippen molar-refractivity contribution in [1.82, 2.24) is 4.98 Å². The molecule has 18 heavy (non-hydrogen) atoms. The molecule has 8 heteroatoms. The highest BCUT2D eigenvalue weighted by Crippen LogP contribution is 2.37. The molecule has 0 atom stereocenters. The number of azide groups is 1. The quantitative estimate of drug-likeness (QED) is 0.462. The van der Waals surface area contributed by atoms with Gasteiger partial charge >= 0.3 is 0 Å². The van der Waals surface area contributed by atoms with Crippen molar-refractivity contribution in [3.63, 3.8) is 0 Å². The monoisotopic (exact) mass is 298 g/mol. The molecular weight excluding hydrogens is 295 g/mol. The fraction of sp³-hybridized carbons (Fsp3) is 0. The van der Waals surface area contributed by atoms with Crippen molar-refractivity contribution in [1.29, 1.82) is 0 Å². The number of hydrogen-bond donors (Lipinski definition) is 0. The second-order valence-electron chi connectivity index (χ2n) is 3.12. The molecule has 1 aromatic heterocycles. The lowest BCUT2D eigenvalue weighted by Gasteiger charge is -2.04. The van der Waals surface area contributed by atoms with Crippen molar-refractivity contribution in [2.75, 3.05) is 0 Å². The lowest BCUT2D eigenvalue weighted by molar-refractivity contribution is 0.100. The first-order chi connectivity index (χ1) is 8.65. The minimum absolute atomic E-state index is 0.211. The van der Waals surface area contributed by atoms with Crippen LogP contribution in [-0.2, 0) is 0 Å². The third-order valence-corrected chi connectivity index (χ3v) is 3.54. The molecule has 0 saturated carbocycles. The Bertz CT molecular complexity index is 643. The molecule has 0 aliphatic heterocycles. The van der Waals surface area contributed by atoms with Gasteiger partial charge in [0.1, 0.15) is 4.88 Å².